The van der Waals surface area contributed by atoms with Gasteiger partial charge in [-0.05, 0) is 51.7 Å². The number of ether oxygens (including phenoxy) is 2. The smallest absolute Gasteiger partial charge is 0.313 e. The lowest BCUT2D eigenvalue weighted by Crippen LogP contribution is -2.48. The Morgan fingerprint density at radius 3 is 2.48 bits per heavy atom. The highest BCUT2D eigenvalue weighted by Gasteiger charge is 2.35. The highest BCUT2D eigenvalue weighted by Crippen LogP contribution is 2.22. The van der Waals surface area contributed by atoms with Crippen molar-refractivity contribution in [2.75, 3.05) is 13.2 Å². The molecule has 0 radical (unpaired) electrons. The van der Waals surface area contributed by atoms with Gasteiger partial charge < -0.3 is 14.8 Å². The van der Waals surface area contributed by atoms with Gasteiger partial charge in [0.05, 0.1) is 23.0 Å². The molecule has 0 spiro atoms. The van der Waals surface area contributed by atoms with Gasteiger partial charge in [-0.2, -0.15) is 0 Å². The minimum atomic E-state index is -3.61. The van der Waals surface area contributed by atoms with Crippen LogP contribution in [0.5, 0.6) is 0 Å². The van der Waals surface area contributed by atoms with E-state index in [1.54, 1.807) is 51.1 Å². The lowest BCUT2D eigenvalue weighted by Gasteiger charge is -2.27. The molecule has 1 saturated heterocycles. The SMILES string of the molecule is CC(C)C[C@H](CN[C@H]1CCO[C@H]1OC(=O)C(C)(C)C)NS(=O)(=O)c1ccccc1. The number of rotatable bonds is 9. The average molecular weight is 427 g/mol. The van der Waals surface area contributed by atoms with Gasteiger partial charge in [-0.25, -0.2) is 13.1 Å². The van der Waals surface area contributed by atoms with Crippen molar-refractivity contribution >= 4 is 16.0 Å². The van der Waals surface area contributed by atoms with E-state index < -0.39 is 21.7 Å². The van der Waals surface area contributed by atoms with E-state index in [9.17, 15) is 13.2 Å². The zero-order valence-corrected chi connectivity index (χ0v) is 18.8. The van der Waals surface area contributed by atoms with Crippen molar-refractivity contribution in [1.29, 1.82) is 0 Å². The summed E-state index contributed by atoms with van der Waals surface area (Å²) >= 11 is 0. The largest absolute Gasteiger partial charge is 0.434 e. The lowest BCUT2D eigenvalue weighted by molar-refractivity contribution is -0.182. The highest BCUT2D eigenvalue weighted by molar-refractivity contribution is 7.89. The van der Waals surface area contributed by atoms with Crippen LogP contribution < -0.4 is 10.0 Å². The van der Waals surface area contributed by atoms with Crippen LogP contribution in [0.1, 0.15) is 47.5 Å². The van der Waals surface area contributed by atoms with Crippen molar-refractivity contribution < 1.29 is 22.7 Å². The van der Waals surface area contributed by atoms with Crippen LogP contribution in [0.15, 0.2) is 35.2 Å². The third-order valence-electron chi connectivity index (χ3n) is 4.63. The van der Waals surface area contributed by atoms with Crippen molar-refractivity contribution in [2.45, 2.75) is 70.7 Å². The van der Waals surface area contributed by atoms with Crippen molar-refractivity contribution in [1.82, 2.24) is 10.0 Å². The van der Waals surface area contributed by atoms with E-state index in [0.29, 0.717) is 31.9 Å². The summed E-state index contributed by atoms with van der Waals surface area (Å²) in [7, 11) is -3.61. The van der Waals surface area contributed by atoms with Gasteiger partial charge in [-0.1, -0.05) is 32.0 Å². The maximum absolute atomic E-state index is 12.7. The fourth-order valence-electron chi connectivity index (χ4n) is 3.08. The standard InChI is InChI=1S/C21H34N2O5S/c1-15(2)13-16(23-29(25,26)17-9-7-6-8-10-17)14-22-18-11-12-27-19(18)28-20(24)21(3,4)5/h6-10,15-16,18-19,22-23H,11-14H2,1-5H3/t16-,18+,19+/m1/s1. The van der Waals surface area contributed by atoms with Crippen LogP contribution in [0.4, 0.5) is 0 Å². The quantitative estimate of drug-likeness (QED) is 0.590. The topological polar surface area (TPSA) is 93.7 Å². The Labute approximate surface area is 174 Å². The predicted octanol–water partition coefficient (Wildman–Crippen LogP) is 2.67. The molecule has 3 atom stereocenters. The van der Waals surface area contributed by atoms with Crippen molar-refractivity contribution in [3.05, 3.63) is 30.3 Å². The van der Waals surface area contributed by atoms with Gasteiger partial charge in [-0.3, -0.25) is 4.79 Å². The number of hydrogen-bond acceptors (Lipinski definition) is 6. The fraction of sp³-hybridized carbons (Fsp3) is 0.667. The summed E-state index contributed by atoms with van der Waals surface area (Å²) < 4.78 is 39.3. The third kappa shape index (κ3) is 7.37. The number of benzene rings is 1. The molecule has 7 nitrogen and oxygen atoms in total. The molecule has 1 aliphatic heterocycles. The number of nitrogens with one attached hydrogen (secondary N) is 2. The molecular weight excluding hydrogens is 392 g/mol. The average Bonchev–Trinajstić information content (AvgIpc) is 3.06. The van der Waals surface area contributed by atoms with Gasteiger partial charge in [0.15, 0.2) is 0 Å². The molecule has 0 unspecified atom stereocenters. The zero-order chi connectivity index (χ0) is 21.7. The Bertz CT molecular complexity index is 759. The van der Waals surface area contributed by atoms with E-state index >= 15 is 0 Å². The summed E-state index contributed by atoms with van der Waals surface area (Å²) in [6.07, 6.45) is 0.716. The molecule has 0 aromatic heterocycles. The first kappa shape index (κ1) is 23.8. The Morgan fingerprint density at radius 1 is 1.24 bits per heavy atom. The van der Waals surface area contributed by atoms with Crippen LogP contribution in [0.2, 0.25) is 0 Å². The second kappa shape index (κ2) is 10.0. The number of esters is 1. The van der Waals surface area contributed by atoms with Crippen LogP contribution in [0, 0.1) is 11.3 Å². The molecule has 0 aliphatic carbocycles. The maximum Gasteiger partial charge on any atom is 0.313 e. The minimum Gasteiger partial charge on any atom is -0.434 e. The second-order valence-electron chi connectivity index (χ2n) is 8.96. The normalized spacial score (nSPS) is 21.3. The van der Waals surface area contributed by atoms with Crippen LogP contribution in [-0.2, 0) is 24.3 Å². The van der Waals surface area contributed by atoms with E-state index in [4.69, 9.17) is 9.47 Å². The Hall–Kier alpha value is -1.48. The molecule has 8 heteroatoms. The molecule has 0 bridgehead atoms. The van der Waals surface area contributed by atoms with E-state index in [1.807, 2.05) is 0 Å². The van der Waals surface area contributed by atoms with E-state index in [-0.39, 0.29) is 22.9 Å². The van der Waals surface area contributed by atoms with Crippen LogP contribution in [0.3, 0.4) is 0 Å². The van der Waals surface area contributed by atoms with Gasteiger partial charge in [-0.15, -0.1) is 0 Å². The maximum atomic E-state index is 12.7. The first-order valence-corrected chi connectivity index (χ1v) is 11.6. The van der Waals surface area contributed by atoms with Gasteiger partial charge in [0, 0.05) is 12.6 Å². The lowest BCUT2D eigenvalue weighted by atomic mass is 9.97. The summed E-state index contributed by atoms with van der Waals surface area (Å²) in [6.45, 7) is 10.4. The van der Waals surface area contributed by atoms with Crippen molar-refractivity contribution in [3.8, 4) is 0 Å². The summed E-state index contributed by atoms with van der Waals surface area (Å²) in [5.74, 6) is -0.00525. The van der Waals surface area contributed by atoms with Crippen molar-refractivity contribution in [3.63, 3.8) is 0 Å². The Balaban J connectivity index is 2.00. The van der Waals surface area contributed by atoms with Gasteiger partial charge in [0.2, 0.25) is 16.3 Å². The summed E-state index contributed by atoms with van der Waals surface area (Å²) in [4.78, 5) is 12.4. The molecule has 164 valence electrons. The van der Waals surface area contributed by atoms with Crippen LogP contribution in [-0.4, -0.2) is 45.9 Å². The molecule has 0 saturated carbocycles. The minimum absolute atomic E-state index is 0.169. The zero-order valence-electron chi connectivity index (χ0n) is 18.0. The number of carbonyl (C=O) groups excluding carboxylic acids is 1. The first-order chi connectivity index (χ1) is 13.5. The summed E-state index contributed by atoms with van der Waals surface area (Å²) in [5, 5.41) is 3.34. The summed E-state index contributed by atoms with van der Waals surface area (Å²) in [6, 6.07) is 7.88. The molecule has 1 heterocycles. The van der Waals surface area contributed by atoms with Crippen LogP contribution in [0.25, 0.3) is 0 Å². The molecular formula is C21H34N2O5S. The van der Waals surface area contributed by atoms with Crippen LogP contribution >= 0.6 is 0 Å². The Morgan fingerprint density at radius 2 is 1.90 bits per heavy atom. The molecule has 2 rings (SSSR count). The first-order valence-electron chi connectivity index (χ1n) is 10.1. The number of carbonyl (C=O) groups is 1. The number of sulfonamides is 1. The molecule has 0 amide bonds. The predicted molar refractivity (Wildman–Crippen MR) is 112 cm³/mol. The van der Waals surface area contributed by atoms with Gasteiger partial charge in [0.1, 0.15) is 0 Å². The molecule has 1 aromatic rings. The Kier molecular flexibility index (Phi) is 8.22. The molecule has 29 heavy (non-hydrogen) atoms. The van der Waals surface area contributed by atoms with Crippen molar-refractivity contribution in [2.24, 2.45) is 11.3 Å². The van der Waals surface area contributed by atoms with E-state index in [0.717, 1.165) is 0 Å². The molecule has 2 N–H and O–H groups in total. The second-order valence-corrected chi connectivity index (χ2v) is 10.7. The monoisotopic (exact) mass is 426 g/mol. The molecule has 1 aliphatic rings. The van der Waals surface area contributed by atoms with Gasteiger partial charge >= 0.3 is 5.97 Å². The number of hydrogen-bond donors (Lipinski definition) is 2. The fourth-order valence-corrected chi connectivity index (χ4v) is 4.35. The van der Waals surface area contributed by atoms with E-state index in [1.165, 1.54) is 0 Å². The molecule has 1 fully saturated rings. The van der Waals surface area contributed by atoms with E-state index in [2.05, 4.69) is 23.9 Å². The third-order valence-corrected chi connectivity index (χ3v) is 6.17. The highest BCUT2D eigenvalue weighted by atomic mass is 32.2. The molecule has 1 aromatic carbocycles. The summed E-state index contributed by atoms with van der Waals surface area (Å²) in [5.41, 5.74) is -0.609. The van der Waals surface area contributed by atoms with Gasteiger partial charge in [0.25, 0.3) is 0 Å².